The zero-order valence-corrected chi connectivity index (χ0v) is 21.6. The van der Waals surface area contributed by atoms with Crippen LogP contribution in [0.2, 0.25) is 0 Å². The largest absolute Gasteiger partial charge is 0.493 e. The van der Waals surface area contributed by atoms with Crippen LogP contribution in [0.3, 0.4) is 0 Å². The summed E-state index contributed by atoms with van der Waals surface area (Å²) < 4.78 is 11.6. The van der Waals surface area contributed by atoms with Gasteiger partial charge in [-0.25, -0.2) is 4.98 Å². The second kappa shape index (κ2) is 10.9. The molecule has 2 atom stereocenters. The summed E-state index contributed by atoms with van der Waals surface area (Å²) in [5, 5.41) is 6.69. The zero-order chi connectivity index (χ0) is 25.0. The number of hydrogen-bond acceptors (Lipinski definition) is 8. The molecule has 0 amide bonds. The van der Waals surface area contributed by atoms with E-state index in [1.165, 1.54) is 62.9 Å². The van der Waals surface area contributed by atoms with Crippen LogP contribution in [0.1, 0.15) is 68.0 Å². The maximum atomic E-state index is 6.03. The van der Waals surface area contributed by atoms with Crippen LogP contribution in [0.5, 0.6) is 11.5 Å². The monoisotopic (exact) mass is 500 g/mol. The van der Waals surface area contributed by atoms with Gasteiger partial charge in [-0.3, -0.25) is 4.98 Å². The zero-order valence-electron chi connectivity index (χ0n) is 21.6. The normalized spacial score (nSPS) is 20.5. The standard InChI is InChI=1S/C29H36N6O2/c1-36-26-18-22(8-9-25(26)37-15-5-14-35-12-3-2-4-13-35)33-29-30-11-10-27(34-29)32-23-17-24-20-6-7-21(16-20)28(24)31-19-23/h8-11,17-21H,2-7,12-16H2,1H3,(H2,30,32,33,34). The van der Waals surface area contributed by atoms with Crippen LogP contribution in [0.4, 0.5) is 23.1 Å². The summed E-state index contributed by atoms with van der Waals surface area (Å²) in [5.74, 6) is 4.01. The minimum absolute atomic E-state index is 0.510. The molecule has 2 fully saturated rings. The number of anilines is 4. The van der Waals surface area contributed by atoms with Gasteiger partial charge in [-0.2, -0.15) is 4.98 Å². The van der Waals surface area contributed by atoms with Crippen LogP contribution in [0, 0.1) is 0 Å². The van der Waals surface area contributed by atoms with Crippen LogP contribution in [0.15, 0.2) is 42.7 Å². The number of nitrogens with zero attached hydrogens (tertiary/aromatic N) is 4. The number of likely N-dealkylation sites (tertiary alicyclic amines) is 1. The average molecular weight is 501 g/mol. The van der Waals surface area contributed by atoms with E-state index < -0.39 is 0 Å². The molecule has 2 aliphatic carbocycles. The third-order valence-electron chi connectivity index (χ3n) is 7.88. The predicted molar refractivity (Wildman–Crippen MR) is 146 cm³/mol. The molecule has 3 aromatic rings. The maximum Gasteiger partial charge on any atom is 0.229 e. The molecule has 8 heteroatoms. The molecule has 2 bridgehead atoms. The first-order valence-corrected chi connectivity index (χ1v) is 13.7. The number of benzene rings is 1. The van der Waals surface area contributed by atoms with Crippen molar-refractivity contribution in [3.8, 4) is 11.5 Å². The summed E-state index contributed by atoms with van der Waals surface area (Å²) in [4.78, 5) is 16.3. The Bertz CT molecular complexity index is 1230. The molecule has 1 aromatic carbocycles. The van der Waals surface area contributed by atoms with Crippen molar-refractivity contribution in [3.63, 3.8) is 0 Å². The molecule has 2 unspecified atom stereocenters. The van der Waals surface area contributed by atoms with Gasteiger partial charge in [0.2, 0.25) is 5.95 Å². The fraction of sp³-hybridized carbons (Fsp3) is 0.483. The van der Waals surface area contributed by atoms with Gasteiger partial charge in [0.05, 0.1) is 25.6 Å². The summed E-state index contributed by atoms with van der Waals surface area (Å²) in [6.07, 6.45) is 12.5. The first-order valence-electron chi connectivity index (χ1n) is 13.7. The third kappa shape index (κ3) is 5.49. The quantitative estimate of drug-likeness (QED) is 0.329. The first kappa shape index (κ1) is 24.0. The minimum Gasteiger partial charge on any atom is -0.493 e. The molecular formula is C29H36N6O2. The van der Waals surface area contributed by atoms with Gasteiger partial charge in [-0.05, 0) is 87.4 Å². The molecule has 6 rings (SSSR count). The molecule has 2 N–H and O–H groups in total. The lowest BCUT2D eigenvalue weighted by Crippen LogP contribution is -2.31. The summed E-state index contributed by atoms with van der Waals surface area (Å²) in [5.41, 5.74) is 4.52. The number of nitrogens with one attached hydrogen (secondary N) is 2. The summed E-state index contributed by atoms with van der Waals surface area (Å²) >= 11 is 0. The topological polar surface area (TPSA) is 84.4 Å². The van der Waals surface area contributed by atoms with E-state index in [9.17, 15) is 0 Å². The molecule has 0 radical (unpaired) electrons. The Morgan fingerprint density at radius 3 is 2.73 bits per heavy atom. The lowest BCUT2D eigenvalue weighted by atomic mass is 9.96. The summed E-state index contributed by atoms with van der Waals surface area (Å²) in [6.45, 7) is 4.20. The van der Waals surface area contributed by atoms with Crippen LogP contribution in [0.25, 0.3) is 0 Å². The lowest BCUT2D eigenvalue weighted by molar-refractivity contribution is 0.203. The Morgan fingerprint density at radius 2 is 1.84 bits per heavy atom. The van der Waals surface area contributed by atoms with Gasteiger partial charge >= 0.3 is 0 Å². The number of aromatic nitrogens is 3. The summed E-state index contributed by atoms with van der Waals surface area (Å²) in [6, 6.07) is 9.94. The molecule has 1 saturated carbocycles. The third-order valence-corrected chi connectivity index (χ3v) is 7.88. The number of methoxy groups -OCH3 is 1. The molecule has 3 heterocycles. The van der Waals surface area contributed by atoms with Crippen molar-refractivity contribution in [2.45, 2.75) is 56.8 Å². The molecule has 194 valence electrons. The van der Waals surface area contributed by atoms with Gasteiger partial charge < -0.3 is 25.0 Å². The Morgan fingerprint density at radius 1 is 0.946 bits per heavy atom. The van der Waals surface area contributed by atoms with Gasteiger partial charge in [0.15, 0.2) is 11.5 Å². The molecule has 1 saturated heterocycles. The average Bonchev–Trinajstić information content (AvgIpc) is 3.55. The van der Waals surface area contributed by atoms with E-state index in [0.29, 0.717) is 30.1 Å². The number of piperidine rings is 1. The predicted octanol–water partition coefficient (Wildman–Crippen LogP) is 5.99. The fourth-order valence-corrected chi connectivity index (χ4v) is 6.02. The van der Waals surface area contributed by atoms with Gasteiger partial charge in [0, 0.05) is 36.1 Å². The lowest BCUT2D eigenvalue weighted by Gasteiger charge is -2.26. The highest BCUT2D eigenvalue weighted by molar-refractivity contribution is 5.62. The number of pyridine rings is 1. The number of fused-ring (bicyclic) bond motifs is 5. The van der Waals surface area contributed by atoms with Crippen molar-refractivity contribution in [3.05, 3.63) is 54.0 Å². The van der Waals surface area contributed by atoms with Crippen molar-refractivity contribution in [2.24, 2.45) is 0 Å². The van der Waals surface area contributed by atoms with E-state index in [4.69, 9.17) is 14.5 Å². The first-order chi connectivity index (χ1) is 18.2. The van der Waals surface area contributed by atoms with E-state index in [-0.39, 0.29) is 0 Å². The highest BCUT2D eigenvalue weighted by Crippen LogP contribution is 2.52. The minimum atomic E-state index is 0.510. The van der Waals surface area contributed by atoms with E-state index in [0.717, 1.165) is 35.9 Å². The smallest absolute Gasteiger partial charge is 0.229 e. The van der Waals surface area contributed by atoms with Gasteiger partial charge in [0.25, 0.3) is 0 Å². The SMILES string of the molecule is COc1cc(Nc2nccc(Nc3cnc4c(c3)C3CCC4C3)n2)ccc1OCCCN1CCCCC1. The highest BCUT2D eigenvalue weighted by atomic mass is 16.5. The fourth-order valence-electron chi connectivity index (χ4n) is 6.02. The number of ether oxygens (including phenoxy) is 2. The molecule has 8 nitrogen and oxygen atoms in total. The molecule has 1 aliphatic heterocycles. The maximum absolute atomic E-state index is 6.03. The molecule has 3 aliphatic rings. The number of hydrogen-bond donors (Lipinski definition) is 2. The van der Waals surface area contributed by atoms with Crippen LogP contribution in [-0.4, -0.2) is 53.2 Å². The van der Waals surface area contributed by atoms with Crippen LogP contribution in [-0.2, 0) is 0 Å². The Hall–Kier alpha value is -3.39. The van der Waals surface area contributed by atoms with Gasteiger partial charge in [0.1, 0.15) is 5.82 Å². The Balaban J connectivity index is 1.06. The van der Waals surface area contributed by atoms with Crippen molar-refractivity contribution in [1.82, 2.24) is 19.9 Å². The molecule has 37 heavy (non-hydrogen) atoms. The van der Waals surface area contributed by atoms with E-state index >= 15 is 0 Å². The Labute approximate surface area is 218 Å². The van der Waals surface area contributed by atoms with Crippen LogP contribution < -0.4 is 20.1 Å². The second-order valence-electron chi connectivity index (χ2n) is 10.4. The van der Waals surface area contributed by atoms with Crippen molar-refractivity contribution < 1.29 is 9.47 Å². The van der Waals surface area contributed by atoms with Crippen molar-refractivity contribution in [2.75, 3.05) is 44.0 Å². The van der Waals surface area contributed by atoms with Crippen LogP contribution >= 0.6 is 0 Å². The summed E-state index contributed by atoms with van der Waals surface area (Å²) in [7, 11) is 1.66. The molecule has 0 spiro atoms. The van der Waals surface area contributed by atoms with Crippen molar-refractivity contribution in [1.29, 1.82) is 0 Å². The molecular weight excluding hydrogens is 464 g/mol. The molecule has 2 aromatic heterocycles. The van der Waals surface area contributed by atoms with E-state index in [1.807, 2.05) is 30.5 Å². The Kier molecular flexibility index (Phi) is 7.08. The van der Waals surface area contributed by atoms with Gasteiger partial charge in [-0.1, -0.05) is 6.42 Å². The second-order valence-corrected chi connectivity index (χ2v) is 10.4. The van der Waals surface area contributed by atoms with Gasteiger partial charge in [-0.15, -0.1) is 0 Å². The van der Waals surface area contributed by atoms with E-state index in [2.05, 4.69) is 31.6 Å². The highest BCUT2D eigenvalue weighted by Gasteiger charge is 2.38. The van der Waals surface area contributed by atoms with E-state index in [1.54, 1.807) is 13.3 Å². The van der Waals surface area contributed by atoms with Crippen molar-refractivity contribution >= 4 is 23.1 Å². The number of rotatable bonds is 10.